The van der Waals surface area contributed by atoms with Crippen molar-refractivity contribution in [3.8, 4) is 0 Å². The first-order valence-corrected chi connectivity index (χ1v) is 9.50. The highest BCUT2D eigenvalue weighted by atomic mass is 35.5. The van der Waals surface area contributed by atoms with E-state index < -0.39 is 0 Å². The normalized spacial score (nSPS) is 13.4. The quantitative estimate of drug-likeness (QED) is 0.803. The number of nitrogens with zero attached hydrogens (tertiary/aromatic N) is 2. The molecular formula is C17H20ClN3O3S. The summed E-state index contributed by atoms with van der Waals surface area (Å²) in [7, 11) is 0. The van der Waals surface area contributed by atoms with Gasteiger partial charge in [0.1, 0.15) is 11.5 Å². The van der Waals surface area contributed by atoms with Gasteiger partial charge in [-0.3, -0.25) is 9.48 Å². The van der Waals surface area contributed by atoms with Crippen LogP contribution in [0.1, 0.15) is 46.3 Å². The Morgan fingerprint density at radius 1 is 1.40 bits per heavy atom. The standard InChI is InChI=1S/C17H20ClN3O3S/c1-3-24-17(23)15-11-6-4-5-7-13(11)25-16(15)19-14(22)9-21-8-12(18)10(2)20-21/h8H,3-7,9H2,1-2H3,(H,19,22). The van der Waals surface area contributed by atoms with Gasteiger partial charge in [0.05, 0.1) is 22.9 Å². The van der Waals surface area contributed by atoms with Crippen LogP contribution in [-0.2, 0) is 28.9 Å². The van der Waals surface area contributed by atoms with Gasteiger partial charge in [-0.25, -0.2) is 4.79 Å². The maximum absolute atomic E-state index is 12.4. The summed E-state index contributed by atoms with van der Waals surface area (Å²) < 4.78 is 6.68. The number of ether oxygens (including phenoxy) is 1. The summed E-state index contributed by atoms with van der Waals surface area (Å²) in [6.07, 6.45) is 5.56. The lowest BCUT2D eigenvalue weighted by Gasteiger charge is -2.12. The van der Waals surface area contributed by atoms with Crippen LogP contribution >= 0.6 is 22.9 Å². The summed E-state index contributed by atoms with van der Waals surface area (Å²) in [6.45, 7) is 3.90. The van der Waals surface area contributed by atoms with E-state index in [1.807, 2.05) is 0 Å². The van der Waals surface area contributed by atoms with E-state index in [4.69, 9.17) is 16.3 Å². The third kappa shape index (κ3) is 3.88. The number of esters is 1. The summed E-state index contributed by atoms with van der Waals surface area (Å²) in [5.74, 6) is -0.613. The van der Waals surface area contributed by atoms with Gasteiger partial charge in [-0.15, -0.1) is 11.3 Å². The molecule has 2 aromatic rings. The van der Waals surface area contributed by atoms with Crippen LogP contribution in [0.3, 0.4) is 0 Å². The van der Waals surface area contributed by atoms with E-state index in [-0.39, 0.29) is 18.4 Å². The number of halogens is 1. The number of anilines is 1. The van der Waals surface area contributed by atoms with Crippen molar-refractivity contribution in [1.29, 1.82) is 0 Å². The number of carbonyl (C=O) groups is 2. The minimum absolute atomic E-state index is 0.0401. The van der Waals surface area contributed by atoms with Crippen LogP contribution < -0.4 is 5.32 Å². The molecule has 0 spiro atoms. The summed E-state index contributed by atoms with van der Waals surface area (Å²) in [5, 5.41) is 8.13. The van der Waals surface area contributed by atoms with E-state index in [0.29, 0.717) is 27.9 Å². The predicted octanol–water partition coefficient (Wildman–Crippen LogP) is 3.60. The molecule has 25 heavy (non-hydrogen) atoms. The summed E-state index contributed by atoms with van der Waals surface area (Å²) in [4.78, 5) is 25.9. The minimum Gasteiger partial charge on any atom is -0.462 e. The molecule has 0 saturated carbocycles. The van der Waals surface area contributed by atoms with E-state index in [1.165, 1.54) is 20.9 Å². The number of amides is 1. The van der Waals surface area contributed by atoms with Gasteiger partial charge in [0.15, 0.2) is 0 Å². The molecule has 0 aromatic carbocycles. The maximum Gasteiger partial charge on any atom is 0.341 e. The van der Waals surface area contributed by atoms with Crippen molar-refractivity contribution in [3.05, 3.63) is 32.9 Å². The molecule has 6 nitrogen and oxygen atoms in total. The van der Waals surface area contributed by atoms with Gasteiger partial charge < -0.3 is 10.1 Å². The Labute approximate surface area is 155 Å². The molecule has 8 heteroatoms. The first-order chi connectivity index (χ1) is 12.0. The molecule has 134 valence electrons. The van der Waals surface area contributed by atoms with E-state index in [1.54, 1.807) is 20.0 Å². The van der Waals surface area contributed by atoms with E-state index in [2.05, 4.69) is 10.4 Å². The number of carbonyl (C=O) groups excluding carboxylic acids is 2. The van der Waals surface area contributed by atoms with Crippen molar-refractivity contribution in [1.82, 2.24) is 9.78 Å². The van der Waals surface area contributed by atoms with E-state index in [0.717, 1.165) is 31.2 Å². The van der Waals surface area contributed by atoms with Gasteiger partial charge in [0.25, 0.3) is 0 Å². The largest absolute Gasteiger partial charge is 0.462 e. The molecule has 0 fully saturated rings. The summed E-state index contributed by atoms with van der Waals surface area (Å²) in [6, 6.07) is 0. The molecule has 0 aliphatic heterocycles. The molecule has 0 unspecified atom stereocenters. The lowest BCUT2D eigenvalue weighted by atomic mass is 9.95. The van der Waals surface area contributed by atoms with Gasteiger partial charge in [-0.2, -0.15) is 5.10 Å². The molecule has 1 aliphatic carbocycles. The zero-order valence-electron chi connectivity index (χ0n) is 14.2. The van der Waals surface area contributed by atoms with E-state index >= 15 is 0 Å². The molecule has 2 heterocycles. The van der Waals surface area contributed by atoms with Crippen LogP contribution in [0, 0.1) is 6.92 Å². The second kappa shape index (κ2) is 7.58. The molecule has 0 atom stereocenters. The van der Waals surface area contributed by atoms with E-state index in [9.17, 15) is 9.59 Å². The predicted molar refractivity (Wildman–Crippen MR) is 97.5 cm³/mol. The molecule has 0 radical (unpaired) electrons. The number of hydrogen-bond acceptors (Lipinski definition) is 5. The van der Waals surface area contributed by atoms with Gasteiger partial charge in [0, 0.05) is 11.1 Å². The average Bonchev–Trinajstić information content (AvgIpc) is 3.06. The lowest BCUT2D eigenvalue weighted by Crippen LogP contribution is -2.20. The molecular weight excluding hydrogens is 362 g/mol. The van der Waals surface area contributed by atoms with Crippen molar-refractivity contribution in [3.63, 3.8) is 0 Å². The second-order valence-corrected chi connectivity index (χ2v) is 7.46. The number of nitrogens with one attached hydrogen (secondary N) is 1. The topological polar surface area (TPSA) is 73.2 Å². The van der Waals surface area contributed by atoms with Crippen molar-refractivity contribution >= 4 is 39.8 Å². The Morgan fingerprint density at radius 3 is 2.84 bits per heavy atom. The summed E-state index contributed by atoms with van der Waals surface area (Å²) >= 11 is 7.44. The van der Waals surface area contributed by atoms with Gasteiger partial charge in [-0.05, 0) is 45.1 Å². The van der Waals surface area contributed by atoms with Gasteiger partial charge in [-0.1, -0.05) is 11.6 Å². The fourth-order valence-corrected chi connectivity index (χ4v) is 4.41. The maximum atomic E-state index is 12.4. The van der Waals surface area contributed by atoms with Crippen LogP contribution in [0.25, 0.3) is 0 Å². The zero-order valence-corrected chi connectivity index (χ0v) is 15.8. The molecule has 1 amide bonds. The number of aryl methyl sites for hydroxylation is 2. The minimum atomic E-state index is -0.366. The monoisotopic (exact) mass is 381 g/mol. The van der Waals surface area contributed by atoms with Crippen molar-refractivity contribution in [2.75, 3.05) is 11.9 Å². The summed E-state index contributed by atoms with van der Waals surface area (Å²) in [5.41, 5.74) is 2.22. The number of rotatable bonds is 5. The third-order valence-corrected chi connectivity index (χ3v) is 5.67. The zero-order chi connectivity index (χ0) is 18.0. The van der Waals surface area contributed by atoms with Crippen molar-refractivity contribution in [2.24, 2.45) is 0 Å². The average molecular weight is 382 g/mol. The molecule has 0 bridgehead atoms. The molecule has 2 aromatic heterocycles. The highest BCUT2D eigenvalue weighted by molar-refractivity contribution is 7.17. The Balaban J connectivity index is 1.82. The SMILES string of the molecule is CCOC(=O)c1c(NC(=O)Cn2cc(Cl)c(C)n2)sc2c1CCCC2. The highest BCUT2D eigenvalue weighted by Gasteiger charge is 2.27. The highest BCUT2D eigenvalue weighted by Crippen LogP contribution is 2.38. The number of thiophene rings is 1. The fraction of sp³-hybridized carbons (Fsp3) is 0.471. The Morgan fingerprint density at radius 2 is 2.16 bits per heavy atom. The van der Waals surface area contributed by atoms with Crippen molar-refractivity contribution < 1.29 is 14.3 Å². The lowest BCUT2D eigenvalue weighted by molar-refractivity contribution is -0.116. The molecule has 0 saturated heterocycles. The molecule has 1 N–H and O–H groups in total. The van der Waals surface area contributed by atoms with Crippen LogP contribution in [-0.4, -0.2) is 28.3 Å². The van der Waals surface area contributed by atoms with Crippen molar-refractivity contribution in [2.45, 2.75) is 46.1 Å². The van der Waals surface area contributed by atoms with Crippen LogP contribution in [0.15, 0.2) is 6.20 Å². The van der Waals surface area contributed by atoms with Gasteiger partial charge in [0.2, 0.25) is 5.91 Å². The second-order valence-electron chi connectivity index (χ2n) is 5.94. The first kappa shape index (κ1) is 17.9. The Kier molecular flexibility index (Phi) is 5.44. The fourth-order valence-electron chi connectivity index (χ4n) is 2.96. The number of aromatic nitrogens is 2. The molecule has 3 rings (SSSR count). The first-order valence-electron chi connectivity index (χ1n) is 8.30. The van der Waals surface area contributed by atoms with Crippen LogP contribution in [0.5, 0.6) is 0 Å². The van der Waals surface area contributed by atoms with Gasteiger partial charge >= 0.3 is 5.97 Å². The number of hydrogen-bond donors (Lipinski definition) is 1. The number of fused-ring (bicyclic) bond motifs is 1. The smallest absolute Gasteiger partial charge is 0.341 e. The Hall–Kier alpha value is -1.86. The third-order valence-electron chi connectivity index (χ3n) is 4.10. The van der Waals surface area contributed by atoms with Crippen LogP contribution in [0.2, 0.25) is 5.02 Å². The van der Waals surface area contributed by atoms with Crippen LogP contribution in [0.4, 0.5) is 5.00 Å². The molecule has 1 aliphatic rings. The Bertz CT molecular complexity index is 793.